The van der Waals surface area contributed by atoms with Crippen LogP contribution in [0.15, 0.2) is 42.5 Å². The first-order valence-electron chi connectivity index (χ1n) is 10.1. The molecule has 30 heavy (non-hydrogen) atoms. The minimum Gasteiger partial charge on any atom is -0.456 e. The summed E-state index contributed by atoms with van der Waals surface area (Å²) in [6, 6.07) is 10.7. The zero-order chi connectivity index (χ0) is 21.8. The van der Waals surface area contributed by atoms with Gasteiger partial charge >= 0.3 is 5.97 Å². The summed E-state index contributed by atoms with van der Waals surface area (Å²) in [7, 11) is 0. The fraction of sp³-hybridized carbons (Fsp3) is 0.333. The molecule has 1 atom stereocenters. The van der Waals surface area contributed by atoms with Crippen LogP contribution in [-0.2, 0) is 9.53 Å². The molecule has 6 nitrogen and oxygen atoms in total. The number of Topliss-reactive ketones (excluding diaryl/α,β-unsaturated/α-hetero) is 1. The molecule has 0 aromatic heterocycles. The van der Waals surface area contributed by atoms with E-state index in [2.05, 4.69) is 0 Å². The minimum absolute atomic E-state index is 0.281. The maximum Gasteiger partial charge on any atom is 0.329 e. The molecule has 1 heterocycles. The topological polar surface area (TPSA) is 80.8 Å². The van der Waals surface area contributed by atoms with E-state index >= 15 is 0 Å². The number of unbranched alkanes of at least 4 members (excludes halogenated alkanes) is 1. The lowest BCUT2D eigenvalue weighted by molar-refractivity contribution is -0.147. The maximum absolute atomic E-state index is 12.8. The Morgan fingerprint density at radius 1 is 0.967 bits per heavy atom. The molecular weight excluding hydrogens is 382 g/mol. The number of esters is 1. The zero-order valence-corrected chi connectivity index (χ0v) is 17.4. The summed E-state index contributed by atoms with van der Waals surface area (Å²) in [5, 5.41) is 0. The van der Waals surface area contributed by atoms with Crippen LogP contribution in [-0.4, -0.2) is 41.1 Å². The van der Waals surface area contributed by atoms with Crippen LogP contribution in [0.1, 0.15) is 68.4 Å². The number of carbonyl (C=O) groups is 4. The maximum atomic E-state index is 12.8. The summed E-state index contributed by atoms with van der Waals surface area (Å²) in [6.45, 7) is 5.37. The summed E-state index contributed by atoms with van der Waals surface area (Å²) in [4.78, 5) is 51.8. The van der Waals surface area contributed by atoms with Crippen molar-refractivity contribution in [3.63, 3.8) is 0 Å². The van der Waals surface area contributed by atoms with Crippen LogP contribution in [0.25, 0.3) is 0 Å². The Kier molecular flexibility index (Phi) is 6.45. The van der Waals surface area contributed by atoms with Crippen molar-refractivity contribution in [1.82, 2.24) is 4.90 Å². The van der Waals surface area contributed by atoms with Crippen molar-refractivity contribution >= 4 is 23.6 Å². The molecule has 0 aliphatic carbocycles. The van der Waals surface area contributed by atoms with E-state index in [4.69, 9.17) is 4.74 Å². The van der Waals surface area contributed by atoms with Crippen molar-refractivity contribution in [2.24, 2.45) is 0 Å². The van der Waals surface area contributed by atoms with Crippen LogP contribution >= 0.6 is 0 Å². The van der Waals surface area contributed by atoms with Gasteiger partial charge in [-0.2, -0.15) is 0 Å². The molecule has 0 bridgehead atoms. The first-order valence-corrected chi connectivity index (χ1v) is 10.1. The van der Waals surface area contributed by atoms with E-state index in [0.29, 0.717) is 18.4 Å². The molecule has 2 aromatic carbocycles. The molecule has 2 aromatic rings. The van der Waals surface area contributed by atoms with Crippen molar-refractivity contribution in [3.05, 3.63) is 70.3 Å². The summed E-state index contributed by atoms with van der Waals surface area (Å²) in [5.41, 5.74) is 3.05. The van der Waals surface area contributed by atoms with Gasteiger partial charge in [0, 0.05) is 5.56 Å². The van der Waals surface area contributed by atoms with Crippen LogP contribution in [0.3, 0.4) is 0 Å². The molecule has 6 heteroatoms. The third-order valence-electron chi connectivity index (χ3n) is 5.41. The predicted molar refractivity (Wildman–Crippen MR) is 111 cm³/mol. The smallest absolute Gasteiger partial charge is 0.329 e. The highest BCUT2D eigenvalue weighted by Crippen LogP contribution is 2.27. The van der Waals surface area contributed by atoms with E-state index in [9.17, 15) is 19.2 Å². The fourth-order valence-electron chi connectivity index (χ4n) is 3.47. The van der Waals surface area contributed by atoms with Gasteiger partial charge in [0.15, 0.2) is 12.4 Å². The number of aryl methyl sites for hydroxylation is 2. The number of amides is 2. The highest BCUT2D eigenvalue weighted by Gasteiger charge is 2.43. The monoisotopic (exact) mass is 407 g/mol. The van der Waals surface area contributed by atoms with Gasteiger partial charge in [0.25, 0.3) is 11.8 Å². The molecule has 0 spiro atoms. The standard InChI is InChI=1S/C24H25NO5/c1-4-5-10-20(25-22(27)18-8-6-7-9-19(18)23(25)28)24(29)30-14-21(26)17-12-11-15(2)16(3)13-17/h6-9,11-13,20H,4-5,10,14H2,1-3H3. The Balaban J connectivity index is 1.75. The first-order chi connectivity index (χ1) is 14.3. The number of rotatable bonds is 8. The number of imide groups is 1. The van der Waals surface area contributed by atoms with Gasteiger partial charge in [-0.15, -0.1) is 0 Å². The second-order valence-electron chi connectivity index (χ2n) is 7.51. The number of carbonyl (C=O) groups excluding carboxylic acids is 4. The van der Waals surface area contributed by atoms with Gasteiger partial charge in [0.2, 0.25) is 0 Å². The molecule has 3 rings (SSSR count). The molecule has 0 radical (unpaired) electrons. The minimum atomic E-state index is -1.05. The highest BCUT2D eigenvalue weighted by atomic mass is 16.5. The van der Waals surface area contributed by atoms with E-state index in [1.807, 2.05) is 26.8 Å². The highest BCUT2D eigenvalue weighted by molar-refractivity contribution is 6.22. The van der Waals surface area contributed by atoms with Crippen molar-refractivity contribution in [1.29, 1.82) is 0 Å². The molecule has 2 amide bonds. The second-order valence-corrected chi connectivity index (χ2v) is 7.51. The third kappa shape index (κ3) is 4.17. The quantitative estimate of drug-likeness (QED) is 0.377. The van der Waals surface area contributed by atoms with Crippen molar-refractivity contribution in [2.75, 3.05) is 6.61 Å². The van der Waals surface area contributed by atoms with Gasteiger partial charge in [-0.3, -0.25) is 19.3 Å². The largest absolute Gasteiger partial charge is 0.456 e. The average molecular weight is 407 g/mol. The Hall–Kier alpha value is -3.28. The predicted octanol–water partition coefficient (Wildman–Crippen LogP) is 3.88. The summed E-state index contributed by atoms with van der Waals surface area (Å²) in [6.07, 6.45) is 1.71. The lowest BCUT2D eigenvalue weighted by Gasteiger charge is -2.24. The lowest BCUT2D eigenvalue weighted by atomic mass is 10.0. The molecule has 0 N–H and O–H groups in total. The number of nitrogens with zero attached hydrogens (tertiary/aromatic N) is 1. The Bertz CT molecular complexity index is 975. The van der Waals surface area contributed by atoms with Gasteiger partial charge in [-0.1, -0.05) is 44.0 Å². The van der Waals surface area contributed by atoms with Crippen LogP contribution in [0, 0.1) is 13.8 Å². The van der Waals surface area contributed by atoms with E-state index in [0.717, 1.165) is 22.4 Å². The van der Waals surface area contributed by atoms with Crippen molar-refractivity contribution in [2.45, 2.75) is 46.1 Å². The van der Waals surface area contributed by atoms with Gasteiger partial charge in [-0.05, 0) is 49.6 Å². The number of ketones is 1. The molecule has 1 aliphatic heterocycles. The van der Waals surface area contributed by atoms with Crippen molar-refractivity contribution in [3.8, 4) is 0 Å². The van der Waals surface area contributed by atoms with Gasteiger partial charge in [-0.25, -0.2) is 4.79 Å². The second kappa shape index (κ2) is 9.03. The number of hydrogen-bond donors (Lipinski definition) is 0. The summed E-state index contributed by atoms with van der Waals surface area (Å²) >= 11 is 0. The lowest BCUT2D eigenvalue weighted by Crippen LogP contribution is -2.46. The van der Waals surface area contributed by atoms with Crippen LogP contribution in [0.5, 0.6) is 0 Å². The average Bonchev–Trinajstić information content (AvgIpc) is 2.99. The molecular formula is C24H25NO5. The number of hydrogen-bond acceptors (Lipinski definition) is 5. The van der Waals surface area contributed by atoms with Crippen LogP contribution < -0.4 is 0 Å². The van der Waals surface area contributed by atoms with E-state index in [-0.39, 0.29) is 16.9 Å². The Morgan fingerprint density at radius 2 is 1.60 bits per heavy atom. The number of ether oxygens (including phenoxy) is 1. The van der Waals surface area contributed by atoms with Gasteiger partial charge in [0.1, 0.15) is 6.04 Å². The van der Waals surface area contributed by atoms with Gasteiger partial charge in [0.05, 0.1) is 11.1 Å². The van der Waals surface area contributed by atoms with Crippen LogP contribution in [0.2, 0.25) is 0 Å². The SMILES string of the molecule is CCCCC(C(=O)OCC(=O)c1ccc(C)c(C)c1)N1C(=O)c2ccccc2C1=O. The normalized spacial score (nSPS) is 13.9. The molecule has 0 saturated carbocycles. The molecule has 156 valence electrons. The molecule has 1 unspecified atom stereocenters. The fourth-order valence-corrected chi connectivity index (χ4v) is 3.47. The van der Waals surface area contributed by atoms with Crippen molar-refractivity contribution < 1.29 is 23.9 Å². The first kappa shape index (κ1) is 21.4. The molecule has 0 fully saturated rings. The number of fused-ring (bicyclic) bond motifs is 1. The van der Waals surface area contributed by atoms with E-state index in [1.165, 1.54) is 0 Å². The summed E-state index contributed by atoms with van der Waals surface area (Å²) < 4.78 is 5.26. The molecule has 0 saturated heterocycles. The zero-order valence-electron chi connectivity index (χ0n) is 17.4. The Labute approximate surface area is 175 Å². The Morgan fingerprint density at radius 3 is 2.17 bits per heavy atom. The number of benzene rings is 2. The van der Waals surface area contributed by atoms with Crippen LogP contribution in [0.4, 0.5) is 0 Å². The summed E-state index contributed by atoms with van der Waals surface area (Å²) in [5.74, 6) is -2.08. The van der Waals surface area contributed by atoms with E-state index in [1.54, 1.807) is 36.4 Å². The third-order valence-corrected chi connectivity index (χ3v) is 5.41. The molecule has 1 aliphatic rings. The van der Waals surface area contributed by atoms with E-state index < -0.39 is 30.4 Å². The van der Waals surface area contributed by atoms with Gasteiger partial charge < -0.3 is 4.74 Å².